The van der Waals surface area contributed by atoms with Crippen LogP contribution < -0.4 is 9.47 Å². The van der Waals surface area contributed by atoms with Crippen molar-refractivity contribution in [2.45, 2.75) is 23.9 Å². The number of hydrogen-bond acceptors (Lipinski definition) is 5. The molecule has 0 fully saturated rings. The van der Waals surface area contributed by atoms with Gasteiger partial charge in [0.1, 0.15) is 11.5 Å². The minimum Gasteiger partial charge on any atom is -0.497 e. The average molecular weight is 424 g/mol. The smallest absolute Gasteiger partial charge is 0.191 e. The molecule has 0 bridgehead atoms. The van der Waals surface area contributed by atoms with Crippen molar-refractivity contribution >= 4 is 35.0 Å². The van der Waals surface area contributed by atoms with Crippen LogP contribution in [-0.4, -0.2) is 21.9 Å². The molecule has 0 saturated heterocycles. The number of nitrogens with zero attached hydrogens (tertiary/aromatic N) is 3. The van der Waals surface area contributed by atoms with Gasteiger partial charge in [-0.1, -0.05) is 41.0 Å². The predicted octanol–water partition coefficient (Wildman–Crippen LogP) is 5.56. The van der Waals surface area contributed by atoms with E-state index in [1.54, 1.807) is 7.11 Å². The first-order chi connectivity index (χ1) is 13.0. The Morgan fingerprint density at radius 2 is 1.67 bits per heavy atom. The van der Waals surface area contributed by atoms with Gasteiger partial charge in [-0.15, -0.1) is 10.2 Å². The lowest BCUT2D eigenvalue weighted by molar-refractivity contribution is 0.211. The van der Waals surface area contributed by atoms with Crippen molar-refractivity contribution in [3.63, 3.8) is 0 Å². The molecule has 0 spiro atoms. The highest BCUT2D eigenvalue weighted by atomic mass is 35.5. The van der Waals surface area contributed by atoms with Crippen LogP contribution in [0.2, 0.25) is 10.0 Å². The van der Waals surface area contributed by atoms with Crippen molar-refractivity contribution in [1.29, 1.82) is 0 Å². The molecule has 1 atom stereocenters. The van der Waals surface area contributed by atoms with E-state index in [1.165, 1.54) is 11.8 Å². The summed E-state index contributed by atoms with van der Waals surface area (Å²) in [6.45, 7) is 1.94. The molecule has 3 aromatic rings. The third kappa shape index (κ3) is 4.69. The quantitative estimate of drug-likeness (QED) is 0.465. The number of aromatic nitrogens is 3. The number of benzene rings is 2. The Bertz CT molecular complexity index is 896. The second-order valence-electron chi connectivity index (χ2n) is 5.82. The number of halogens is 2. The second-order valence-corrected chi connectivity index (χ2v) is 7.58. The SMILES string of the molecule is COc1ccc(OC(C)c2nnc(SCc3c(Cl)cccc3Cl)n2C)cc1. The summed E-state index contributed by atoms with van der Waals surface area (Å²) in [6, 6.07) is 12.9. The molecule has 1 heterocycles. The summed E-state index contributed by atoms with van der Waals surface area (Å²) in [7, 11) is 3.55. The molecule has 5 nitrogen and oxygen atoms in total. The minimum atomic E-state index is -0.255. The standard InChI is InChI=1S/C19H19Cl2N3O2S/c1-12(26-14-9-7-13(25-3)8-10-14)18-22-23-19(24(18)2)27-11-15-16(20)5-4-6-17(15)21/h4-10,12H,11H2,1-3H3. The maximum absolute atomic E-state index is 6.23. The van der Waals surface area contributed by atoms with E-state index in [2.05, 4.69) is 10.2 Å². The Hall–Kier alpha value is -1.89. The lowest BCUT2D eigenvalue weighted by Crippen LogP contribution is -2.10. The fourth-order valence-corrected chi connectivity index (χ4v) is 4.18. The molecule has 142 valence electrons. The van der Waals surface area contributed by atoms with Crippen LogP contribution in [0.25, 0.3) is 0 Å². The first-order valence-corrected chi connectivity index (χ1v) is 9.99. The van der Waals surface area contributed by atoms with Crippen LogP contribution in [0.3, 0.4) is 0 Å². The molecule has 0 amide bonds. The Labute approximate surface area is 172 Å². The van der Waals surface area contributed by atoms with E-state index >= 15 is 0 Å². The van der Waals surface area contributed by atoms with Crippen LogP contribution in [0.4, 0.5) is 0 Å². The van der Waals surface area contributed by atoms with Gasteiger partial charge in [-0.05, 0) is 48.9 Å². The van der Waals surface area contributed by atoms with Gasteiger partial charge in [0.15, 0.2) is 17.1 Å². The highest BCUT2D eigenvalue weighted by molar-refractivity contribution is 7.98. The zero-order valence-electron chi connectivity index (χ0n) is 15.1. The van der Waals surface area contributed by atoms with Gasteiger partial charge >= 0.3 is 0 Å². The summed E-state index contributed by atoms with van der Waals surface area (Å²) in [5.74, 6) is 2.87. The Balaban J connectivity index is 1.68. The van der Waals surface area contributed by atoms with Crippen LogP contribution in [0.15, 0.2) is 47.6 Å². The van der Waals surface area contributed by atoms with E-state index in [-0.39, 0.29) is 6.10 Å². The maximum Gasteiger partial charge on any atom is 0.191 e. The Morgan fingerprint density at radius 3 is 2.30 bits per heavy atom. The van der Waals surface area contributed by atoms with E-state index in [4.69, 9.17) is 32.7 Å². The van der Waals surface area contributed by atoms with Crippen molar-refractivity contribution in [2.75, 3.05) is 7.11 Å². The summed E-state index contributed by atoms with van der Waals surface area (Å²) < 4.78 is 13.0. The van der Waals surface area contributed by atoms with Crippen molar-refractivity contribution in [1.82, 2.24) is 14.8 Å². The molecule has 0 aliphatic rings. The summed E-state index contributed by atoms with van der Waals surface area (Å²) in [5, 5.41) is 10.6. The topological polar surface area (TPSA) is 49.2 Å². The van der Waals surface area contributed by atoms with Gasteiger partial charge in [-0.3, -0.25) is 0 Å². The van der Waals surface area contributed by atoms with Crippen LogP contribution >= 0.6 is 35.0 Å². The van der Waals surface area contributed by atoms with Gasteiger partial charge in [0, 0.05) is 22.8 Å². The zero-order valence-corrected chi connectivity index (χ0v) is 17.5. The average Bonchev–Trinajstić information content (AvgIpc) is 3.03. The van der Waals surface area contributed by atoms with E-state index in [1.807, 2.05) is 61.0 Å². The lowest BCUT2D eigenvalue weighted by atomic mass is 10.2. The van der Waals surface area contributed by atoms with Crippen molar-refractivity contribution in [2.24, 2.45) is 7.05 Å². The van der Waals surface area contributed by atoms with Crippen LogP contribution in [0.1, 0.15) is 24.4 Å². The predicted molar refractivity (Wildman–Crippen MR) is 109 cm³/mol. The van der Waals surface area contributed by atoms with Crippen LogP contribution in [0.5, 0.6) is 11.5 Å². The fraction of sp³-hybridized carbons (Fsp3) is 0.263. The zero-order chi connectivity index (χ0) is 19.4. The van der Waals surface area contributed by atoms with Gasteiger partial charge in [-0.2, -0.15) is 0 Å². The Morgan fingerprint density at radius 1 is 1.04 bits per heavy atom. The summed E-state index contributed by atoms with van der Waals surface area (Å²) in [6.07, 6.45) is -0.255. The number of ether oxygens (including phenoxy) is 2. The van der Waals surface area contributed by atoms with E-state index in [0.717, 1.165) is 28.0 Å². The molecule has 1 unspecified atom stereocenters. The molecule has 2 aromatic carbocycles. The molecular formula is C19H19Cl2N3O2S. The van der Waals surface area contributed by atoms with Gasteiger partial charge in [0.05, 0.1) is 7.11 Å². The van der Waals surface area contributed by atoms with E-state index in [9.17, 15) is 0 Å². The van der Waals surface area contributed by atoms with Crippen molar-refractivity contribution in [3.05, 3.63) is 63.9 Å². The fourth-order valence-electron chi connectivity index (χ4n) is 2.52. The number of methoxy groups -OCH3 is 1. The minimum absolute atomic E-state index is 0.255. The Kier molecular flexibility index (Phi) is 6.52. The molecule has 27 heavy (non-hydrogen) atoms. The summed E-state index contributed by atoms with van der Waals surface area (Å²) in [4.78, 5) is 0. The van der Waals surface area contributed by atoms with Crippen LogP contribution in [-0.2, 0) is 12.8 Å². The number of rotatable bonds is 7. The normalized spacial score (nSPS) is 12.0. The molecular weight excluding hydrogens is 405 g/mol. The first-order valence-electron chi connectivity index (χ1n) is 8.25. The second kappa shape index (κ2) is 8.87. The maximum atomic E-state index is 6.23. The molecule has 0 aliphatic heterocycles. The van der Waals surface area contributed by atoms with Gasteiger partial charge in [0.25, 0.3) is 0 Å². The van der Waals surface area contributed by atoms with Gasteiger partial charge in [-0.25, -0.2) is 0 Å². The highest BCUT2D eigenvalue weighted by Gasteiger charge is 2.18. The first kappa shape index (κ1) is 19.9. The molecule has 0 radical (unpaired) electrons. The summed E-state index contributed by atoms with van der Waals surface area (Å²) in [5.41, 5.74) is 0.887. The largest absolute Gasteiger partial charge is 0.497 e. The van der Waals surface area contributed by atoms with E-state index in [0.29, 0.717) is 15.8 Å². The molecule has 3 rings (SSSR count). The van der Waals surface area contributed by atoms with E-state index < -0.39 is 0 Å². The number of hydrogen-bond donors (Lipinski definition) is 0. The third-order valence-corrected chi connectivity index (χ3v) is 5.77. The van der Waals surface area contributed by atoms with Gasteiger partial charge in [0.2, 0.25) is 0 Å². The van der Waals surface area contributed by atoms with Crippen molar-refractivity contribution in [3.8, 4) is 11.5 Å². The molecule has 0 aliphatic carbocycles. The molecule has 0 N–H and O–H groups in total. The summed E-state index contributed by atoms with van der Waals surface area (Å²) >= 11 is 14.0. The highest BCUT2D eigenvalue weighted by Crippen LogP contribution is 2.31. The number of thioether (sulfide) groups is 1. The molecule has 8 heteroatoms. The molecule has 1 aromatic heterocycles. The monoisotopic (exact) mass is 423 g/mol. The van der Waals surface area contributed by atoms with Crippen LogP contribution in [0, 0.1) is 0 Å². The lowest BCUT2D eigenvalue weighted by Gasteiger charge is -2.14. The molecule has 0 saturated carbocycles. The van der Waals surface area contributed by atoms with Crippen molar-refractivity contribution < 1.29 is 9.47 Å². The third-order valence-electron chi connectivity index (χ3n) is 4.01. The van der Waals surface area contributed by atoms with Gasteiger partial charge < -0.3 is 14.0 Å².